The van der Waals surface area contributed by atoms with Gasteiger partial charge in [0.1, 0.15) is 11.6 Å². The number of aliphatic hydroxyl groups excluding tert-OH is 1. The van der Waals surface area contributed by atoms with Gasteiger partial charge in [-0.2, -0.15) is 0 Å². The number of hydrogen-bond donors (Lipinski definition) is 1. The van der Waals surface area contributed by atoms with Crippen molar-refractivity contribution in [2.45, 2.75) is 58.5 Å². The van der Waals surface area contributed by atoms with Crippen LogP contribution in [0.2, 0.25) is 0 Å². The summed E-state index contributed by atoms with van der Waals surface area (Å²) in [5.41, 5.74) is 0.312. The van der Waals surface area contributed by atoms with Crippen LogP contribution in [0.4, 0.5) is 4.39 Å². The average Bonchev–Trinajstić information content (AvgIpc) is 2.37. The molecule has 1 unspecified atom stereocenters. The van der Waals surface area contributed by atoms with Gasteiger partial charge in [-0.25, -0.2) is 4.39 Å². The number of hydrogen-bond acceptors (Lipinski definition) is 2. The van der Waals surface area contributed by atoms with E-state index < -0.39 is 11.9 Å². The summed E-state index contributed by atoms with van der Waals surface area (Å²) in [5, 5.41) is 9.33. The Morgan fingerprint density at radius 2 is 1.84 bits per heavy atom. The molecule has 0 aliphatic carbocycles. The van der Waals surface area contributed by atoms with Crippen LogP contribution in [0.3, 0.4) is 0 Å². The molecule has 1 atom stereocenters. The smallest absolute Gasteiger partial charge is 0.132 e. The van der Waals surface area contributed by atoms with Crippen LogP contribution in [0.5, 0.6) is 5.75 Å². The molecule has 0 saturated carbocycles. The number of halogens is 1. The van der Waals surface area contributed by atoms with Crippen LogP contribution in [0.1, 0.15) is 64.0 Å². The fourth-order valence-electron chi connectivity index (χ4n) is 2.01. The maximum absolute atomic E-state index is 13.6. The fraction of sp³-hybridized carbons (Fsp3) is 0.625. The van der Waals surface area contributed by atoms with E-state index in [1.165, 1.54) is 31.7 Å². The first-order valence-electron chi connectivity index (χ1n) is 7.25. The molecule has 0 fully saturated rings. The molecule has 0 aliphatic rings. The molecule has 1 N–H and O–H groups in total. The highest BCUT2D eigenvalue weighted by molar-refractivity contribution is 5.29. The van der Waals surface area contributed by atoms with Crippen LogP contribution >= 0.6 is 0 Å². The van der Waals surface area contributed by atoms with E-state index in [4.69, 9.17) is 4.74 Å². The molecule has 108 valence electrons. The van der Waals surface area contributed by atoms with Crippen LogP contribution in [-0.4, -0.2) is 11.7 Å². The summed E-state index contributed by atoms with van der Waals surface area (Å²) in [4.78, 5) is 0. The van der Waals surface area contributed by atoms with Gasteiger partial charge in [-0.1, -0.05) is 39.0 Å². The van der Waals surface area contributed by atoms with Crippen LogP contribution < -0.4 is 4.74 Å². The van der Waals surface area contributed by atoms with Gasteiger partial charge in [0.15, 0.2) is 0 Å². The number of ether oxygens (including phenoxy) is 1. The first-order valence-corrected chi connectivity index (χ1v) is 7.25. The van der Waals surface area contributed by atoms with Crippen molar-refractivity contribution in [1.29, 1.82) is 0 Å². The Kier molecular flexibility index (Phi) is 7.49. The van der Waals surface area contributed by atoms with Crippen molar-refractivity contribution < 1.29 is 14.2 Å². The lowest BCUT2D eigenvalue weighted by Crippen LogP contribution is -2.00. The molecule has 2 nitrogen and oxygen atoms in total. The molecule has 1 aromatic rings. The second-order valence-corrected chi connectivity index (χ2v) is 4.98. The molecule has 3 heteroatoms. The summed E-state index contributed by atoms with van der Waals surface area (Å²) >= 11 is 0. The van der Waals surface area contributed by atoms with Crippen molar-refractivity contribution in [3.8, 4) is 5.75 Å². The zero-order valence-electron chi connectivity index (χ0n) is 12.0. The Labute approximate surface area is 115 Å². The largest absolute Gasteiger partial charge is 0.493 e. The van der Waals surface area contributed by atoms with Crippen LogP contribution in [-0.2, 0) is 0 Å². The van der Waals surface area contributed by atoms with Gasteiger partial charge in [0.2, 0.25) is 0 Å². The van der Waals surface area contributed by atoms with Gasteiger partial charge in [-0.15, -0.1) is 0 Å². The van der Waals surface area contributed by atoms with Crippen molar-refractivity contribution in [2.24, 2.45) is 0 Å². The Bertz CT molecular complexity index is 364. The van der Waals surface area contributed by atoms with Gasteiger partial charge in [0.25, 0.3) is 0 Å². The molecule has 0 aliphatic heterocycles. The van der Waals surface area contributed by atoms with Gasteiger partial charge < -0.3 is 9.84 Å². The van der Waals surface area contributed by atoms with Crippen molar-refractivity contribution in [2.75, 3.05) is 6.61 Å². The quantitative estimate of drug-likeness (QED) is 0.662. The third kappa shape index (κ3) is 6.06. The van der Waals surface area contributed by atoms with E-state index in [0.717, 1.165) is 12.8 Å². The summed E-state index contributed by atoms with van der Waals surface area (Å²) < 4.78 is 19.1. The molecule has 1 aromatic carbocycles. The van der Waals surface area contributed by atoms with Crippen LogP contribution in [0, 0.1) is 5.82 Å². The molecular formula is C16H25FO2. The summed E-state index contributed by atoms with van der Waals surface area (Å²) in [6, 6.07) is 4.64. The lowest BCUT2D eigenvalue weighted by Gasteiger charge is -2.10. The Morgan fingerprint density at radius 1 is 1.16 bits per heavy atom. The molecule has 1 rings (SSSR count). The zero-order valence-corrected chi connectivity index (χ0v) is 12.0. The minimum absolute atomic E-state index is 0.312. The second kappa shape index (κ2) is 8.92. The SMILES string of the molecule is CCCCCCCCOc1ccc(C(C)O)c(F)c1. The van der Waals surface area contributed by atoms with Crippen LogP contribution in [0.15, 0.2) is 18.2 Å². The maximum Gasteiger partial charge on any atom is 0.132 e. The predicted octanol–water partition coefficient (Wildman–Crippen LogP) is 4.62. The molecule has 0 saturated heterocycles. The van der Waals surface area contributed by atoms with Crippen molar-refractivity contribution in [1.82, 2.24) is 0 Å². The summed E-state index contributed by atoms with van der Waals surface area (Å²) in [7, 11) is 0. The van der Waals surface area contributed by atoms with E-state index in [-0.39, 0.29) is 0 Å². The minimum Gasteiger partial charge on any atom is -0.493 e. The normalized spacial score (nSPS) is 12.4. The molecule has 19 heavy (non-hydrogen) atoms. The van der Waals surface area contributed by atoms with E-state index in [9.17, 15) is 9.50 Å². The Morgan fingerprint density at radius 3 is 2.47 bits per heavy atom. The average molecular weight is 268 g/mol. The van der Waals surface area contributed by atoms with Crippen molar-refractivity contribution in [3.63, 3.8) is 0 Å². The molecule has 0 aromatic heterocycles. The van der Waals surface area contributed by atoms with Crippen molar-refractivity contribution in [3.05, 3.63) is 29.6 Å². The first-order chi connectivity index (χ1) is 9.15. The number of benzene rings is 1. The highest BCUT2D eigenvalue weighted by Gasteiger charge is 2.08. The van der Waals surface area contributed by atoms with Gasteiger partial charge in [-0.3, -0.25) is 0 Å². The summed E-state index contributed by atoms with van der Waals surface area (Å²) in [6.07, 6.45) is 6.46. The first kappa shape index (κ1) is 16.0. The lowest BCUT2D eigenvalue weighted by molar-refractivity contribution is 0.194. The van der Waals surface area contributed by atoms with Crippen LogP contribution in [0.25, 0.3) is 0 Å². The zero-order chi connectivity index (χ0) is 14.1. The van der Waals surface area contributed by atoms with E-state index in [2.05, 4.69) is 6.92 Å². The number of unbranched alkanes of at least 4 members (excludes halogenated alkanes) is 5. The standard InChI is InChI=1S/C16H25FO2/c1-3-4-5-6-7-8-11-19-14-9-10-15(13(2)18)16(17)12-14/h9-10,12-13,18H,3-8,11H2,1-2H3. The van der Waals surface area contributed by atoms with Gasteiger partial charge in [-0.05, 0) is 25.5 Å². The molecule has 0 amide bonds. The lowest BCUT2D eigenvalue weighted by atomic mass is 10.1. The van der Waals surface area contributed by atoms with Crippen molar-refractivity contribution >= 4 is 0 Å². The molecule has 0 bridgehead atoms. The second-order valence-electron chi connectivity index (χ2n) is 4.98. The highest BCUT2D eigenvalue weighted by Crippen LogP contribution is 2.21. The van der Waals surface area contributed by atoms with E-state index in [1.54, 1.807) is 19.1 Å². The highest BCUT2D eigenvalue weighted by atomic mass is 19.1. The topological polar surface area (TPSA) is 29.5 Å². The third-order valence-electron chi connectivity index (χ3n) is 3.19. The molecule has 0 heterocycles. The van der Waals surface area contributed by atoms with E-state index >= 15 is 0 Å². The fourth-order valence-corrected chi connectivity index (χ4v) is 2.01. The summed E-state index contributed by atoms with van der Waals surface area (Å²) in [6.45, 7) is 4.38. The number of aliphatic hydroxyl groups is 1. The number of rotatable bonds is 9. The Hall–Kier alpha value is -1.09. The molecule has 0 radical (unpaired) electrons. The maximum atomic E-state index is 13.6. The predicted molar refractivity (Wildman–Crippen MR) is 75.9 cm³/mol. The minimum atomic E-state index is -0.785. The summed E-state index contributed by atoms with van der Waals surface area (Å²) in [5.74, 6) is 0.130. The Balaban J connectivity index is 2.25. The third-order valence-corrected chi connectivity index (χ3v) is 3.19. The monoisotopic (exact) mass is 268 g/mol. The van der Waals surface area contributed by atoms with Gasteiger partial charge in [0.05, 0.1) is 12.7 Å². The van der Waals surface area contributed by atoms with E-state index in [1.807, 2.05) is 0 Å². The molecular weight excluding hydrogens is 243 g/mol. The molecule has 0 spiro atoms. The van der Waals surface area contributed by atoms with Gasteiger partial charge >= 0.3 is 0 Å². The van der Waals surface area contributed by atoms with E-state index in [0.29, 0.717) is 17.9 Å². The van der Waals surface area contributed by atoms with Gasteiger partial charge in [0, 0.05) is 11.6 Å².